The van der Waals surface area contributed by atoms with Crippen molar-refractivity contribution in [3.8, 4) is 0 Å². The predicted molar refractivity (Wildman–Crippen MR) is 92.6 cm³/mol. The number of pyridine rings is 1. The van der Waals surface area contributed by atoms with E-state index in [-0.39, 0.29) is 0 Å². The fraction of sp³-hybridized carbons (Fsp3) is 0.167. The number of aromatic nitrogens is 1. The van der Waals surface area contributed by atoms with Crippen molar-refractivity contribution in [1.29, 1.82) is 0 Å². The van der Waals surface area contributed by atoms with Gasteiger partial charge in [-0.2, -0.15) is 0 Å². The number of nitrogens with zero attached hydrogens (tertiary/aromatic N) is 1. The summed E-state index contributed by atoms with van der Waals surface area (Å²) in [5.74, 6) is 0. The molecule has 106 valence electrons. The lowest BCUT2D eigenvalue weighted by Gasteiger charge is -2.12. The Morgan fingerprint density at radius 3 is 2.86 bits per heavy atom. The highest BCUT2D eigenvalue weighted by Crippen LogP contribution is 2.22. The van der Waals surface area contributed by atoms with Gasteiger partial charge in [0.25, 0.3) is 0 Å². The summed E-state index contributed by atoms with van der Waals surface area (Å²) in [6.07, 6.45) is 2.85. The number of aryl methyl sites for hydroxylation is 1. The Balaban J connectivity index is 1.80. The number of nitrogens with one attached hydrogen (secondary N) is 1. The predicted octanol–water partition coefficient (Wildman–Crippen LogP) is 5.17. The number of benzene rings is 2. The Morgan fingerprint density at radius 1 is 1.10 bits per heavy atom. The van der Waals surface area contributed by atoms with Gasteiger partial charge in [-0.05, 0) is 53.9 Å². The van der Waals surface area contributed by atoms with E-state index in [0.717, 1.165) is 23.0 Å². The van der Waals surface area contributed by atoms with Crippen LogP contribution < -0.4 is 5.32 Å². The van der Waals surface area contributed by atoms with Gasteiger partial charge in [0.05, 0.1) is 5.52 Å². The van der Waals surface area contributed by atoms with Crippen LogP contribution in [0.15, 0.2) is 59.2 Å². The summed E-state index contributed by atoms with van der Waals surface area (Å²) in [5, 5.41) is 4.71. The largest absolute Gasteiger partial charge is 0.381 e. The molecule has 2 aromatic carbocycles. The molecule has 0 amide bonds. The van der Waals surface area contributed by atoms with Crippen molar-refractivity contribution in [2.45, 2.75) is 19.9 Å². The van der Waals surface area contributed by atoms with Gasteiger partial charge < -0.3 is 5.32 Å². The molecule has 1 heterocycles. The molecule has 0 aliphatic rings. The van der Waals surface area contributed by atoms with Gasteiger partial charge in [0, 0.05) is 28.3 Å². The molecule has 0 spiro atoms. The van der Waals surface area contributed by atoms with Gasteiger partial charge in [-0.3, -0.25) is 4.98 Å². The van der Waals surface area contributed by atoms with Crippen LogP contribution in [0.25, 0.3) is 10.9 Å². The molecule has 21 heavy (non-hydrogen) atoms. The molecule has 2 nitrogen and oxygen atoms in total. The molecule has 0 saturated heterocycles. The minimum absolute atomic E-state index is 0.819. The van der Waals surface area contributed by atoms with E-state index in [4.69, 9.17) is 0 Å². The molecule has 0 unspecified atom stereocenters. The third-order valence-corrected chi connectivity index (χ3v) is 4.09. The number of rotatable bonds is 4. The van der Waals surface area contributed by atoms with E-state index in [1.165, 1.54) is 22.2 Å². The summed E-state index contributed by atoms with van der Waals surface area (Å²) in [4.78, 5) is 4.35. The number of hydrogen-bond acceptors (Lipinski definition) is 2. The third kappa shape index (κ3) is 3.24. The first-order valence-electron chi connectivity index (χ1n) is 7.12. The first-order valence-corrected chi connectivity index (χ1v) is 7.91. The molecule has 0 bridgehead atoms. The van der Waals surface area contributed by atoms with Crippen molar-refractivity contribution < 1.29 is 0 Å². The van der Waals surface area contributed by atoms with Gasteiger partial charge in [-0.1, -0.05) is 35.0 Å². The fourth-order valence-electron chi connectivity index (χ4n) is 2.46. The molecule has 1 N–H and O–H groups in total. The van der Waals surface area contributed by atoms with Gasteiger partial charge in [0.2, 0.25) is 0 Å². The van der Waals surface area contributed by atoms with Crippen molar-refractivity contribution in [3.63, 3.8) is 0 Å². The highest BCUT2D eigenvalue weighted by atomic mass is 79.9. The topological polar surface area (TPSA) is 24.9 Å². The maximum absolute atomic E-state index is 4.35. The van der Waals surface area contributed by atoms with E-state index in [1.54, 1.807) is 0 Å². The smallest absolute Gasteiger partial charge is 0.0702 e. The Bertz CT molecular complexity index is 768. The SMILES string of the molecule is CCc1cc(Br)ccc1NCc1ccc2ncccc2c1. The molecule has 0 fully saturated rings. The van der Waals surface area contributed by atoms with Crippen LogP contribution in [0.1, 0.15) is 18.1 Å². The fourth-order valence-corrected chi connectivity index (χ4v) is 2.87. The molecule has 0 radical (unpaired) electrons. The van der Waals surface area contributed by atoms with Crippen LogP contribution in [0.4, 0.5) is 5.69 Å². The Kier molecular flexibility index (Phi) is 4.20. The Labute approximate surface area is 133 Å². The minimum atomic E-state index is 0.819. The maximum atomic E-state index is 4.35. The van der Waals surface area contributed by atoms with Crippen molar-refractivity contribution in [2.75, 3.05) is 5.32 Å². The van der Waals surface area contributed by atoms with Crippen LogP contribution in [0.2, 0.25) is 0 Å². The highest BCUT2D eigenvalue weighted by molar-refractivity contribution is 9.10. The zero-order valence-corrected chi connectivity index (χ0v) is 13.5. The van der Waals surface area contributed by atoms with E-state index in [2.05, 4.69) is 75.6 Å². The monoisotopic (exact) mass is 340 g/mol. The van der Waals surface area contributed by atoms with Crippen LogP contribution >= 0.6 is 15.9 Å². The van der Waals surface area contributed by atoms with Gasteiger partial charge in [0.1, 0.15) is 0 Å². The van der Waals surface area contributed by atoms with E-state index in [1.807, 2.05) is 12.3 Å². The normalized spacial score (nSPS) is 10.8. The summed E-state index contributed by atoms with van der Waals surface area (Å²) < 4.78 is 1.13. The lowest BCUT2D eigenvalue weighted by Crippen LogP contribution is -2.02. The Hall–Kier alpha value is -1.87. The third-order valence-electron chi connectivity index (χ3n) is 3.60. The quantitative estimate of drug-likeness (QED) is 0.708. The van der Waals surface area contributed by atoms with Gasteiger partial charge >= 0.3 is 0 Å². The molecule has 3 rings (SSSR count). The van der Waals surface area contributed by atoms with Crippen LogP contribution in [0, 0.1) is 0 Å². The average Bonchev–Trinajstić information content (AvgIpc) is 2.53. The molecular weight excluding hydrogens is 324 g/mol. The van der Waals surface area contributed by atoms with Gasteiger partial charge in [-0.25, -0.2) is 0 Å². The number of fused-ring (bicyclic) bond motifs is 1. The second-order valence-electron chi connectivity index (χ2n) is 5.04. The zero-order valence-electron chi connectivity index (χ0n) is 11.9. The minimum Gasteiger partial charge on any atom is -0.381 e. The van der Waals surface area contributed by atoms with Crippen molar-refractivity contribution in [2.24, 2.45) is 0 Å². The molecule has 3 heteroatoms. The first-order chi connectivity index (χ1) is 10.3. The molecule has 0 aliphatic carbocycles. The number of halogens is 1. The second kappa shape index (κ2) is 6.27. The second-order valence-corrected chi connectivity index (χ2v) is 5.95. The number of anilines is 1. The van der Waals surface area contributed by atoms with Crippen molar-refractivity contribution >= 4 is 32.5 Å². The van der Waals surface area contributed by atoms with Gasteiger partial charge in [0.15, 0.2) is 0 Å². The lowest BCUT2D eigenvalue weighted by atomic mass is 10.1. The summed E-state index contributed by atoms with van der Waals surface area (Å²) in [6, 6.07) is 16.9. The number of hydrogen-bond donors (Lipinski definition) is 1. The molecular formula is C18H17BrN2. The van der Waals surface area contributed by atoms with E-state index < -0.39 is 0 Å². The maximum Gasteiger partial charge on any atom is 0.0702 e. The van der Waals surface area contributed by atoms with E-state index >= 15 is 0 Å². The van der Waals surface area contributed by atoms with Gasteiger partial charge in [-0.15, -0.1) is 0 Å². The zero-order chi connectivity index (χ0) is 14.7. The summed E-state index contributed by atoms with van der Waals surface area (Å²) in [5.41, 5.74) is 4.83. The van der Waals surface area contributed by atoms with Crippen molar-refractivity contribution in [3.05, 3.63) is 70.3 Å². The lowest BCUT2D eigenvalue weighted by molar-refractivity contribution is 1.09. The first kappa shape index (κ1) is 14.1. The van der Waals surface area contributed by atoms with E-state index in [9.17, 15) is 0 Å². The van der Waals surface area contributed by atoms with Crippen LogP contribution in [-0.2, 0) is 13.0 Å². The Morgan fingerprint density at radius 2 is 2.00 bits per heavy atom. The van der Waals surface area contributed by atoms with Crippen LogP contribution in [0.5, 0.6) is 0 Å². The molecule has 1 aromatic heterocycles. The summed E-state index contributed by atoms with van der Waals surface area (Å²) in [6.45, 7) is 2.99. The van der Waals surface area contributed by atoms with Crippen molar-refractivity contribution in [1.82, 2.24) is 4.98 Å². The highest BCUT2D eigenvalue weighted by Gasteiger charge is 2.02. The van der Waals surface area contributed by atoms with Crippen LogP contribution in [-0.4, -0.2) is 4.98 Å². The molecule has 0 aliphatic heterocycles. The average molecular weight is 341 g/mol. The molecule has 0 saturated carbocycles. The van der Waals surface area contributed by atoms with Crippen LogP contribution in [0.3, 0.4) is 0 Å². The summed E-state index contributed by atoms with van der Waals surface area (Å²) >= 11 is 3.53. The van der Waals surface area contributed by atoms with E-state index in [0.29, 0.717) is 0 Å². The summed E-state index contributed by atoms with van der Waals surface area (Å²) in [7, 11) is 0. The molecule has 0 atom stereocenters. The molecule has 3 aromatic rings. The standard InChI is InChI=1S/C18H17BrN2/c1-2-14-11-16(19)6-8-17(14)21-12-13-5-7-18-15(10-13)4-3-9-20-18/h3-11,21H,2,12H2,1H3.